The SMILES string of the molecule is Cc1cc(Cl)ccc1NC1=C(c2ccccc2)C(=O)N(c2cccc(C)c2C)C1=O. The average molecular weight is 417 g/mol. The van der Waals surface area contributed by atoms with Crippen molar-refractivity contribution in [3.05, 3.63) is 99.7 Å². The molecule has 0 unspecified atom stereocenters. The summed E-state index contributed by atoms with van der Waals surface area (Å²) in [6.07, 6.45) is 0. The molecule has 30 heavy (non-hydrogen) atoms. The number of aryl methyl sites for hydroxylation is 2. The van der Waals surface area contributed by atoms with Crippen molar-refractivity contribution >= 4 is 40.4 Å². The Balaban J connectivity index is 1.86. The molecule has 3 aromatic rings. The van der Waals surface area contributed by atoms with E-state index in [1.165, 1.54) is 4.90 Å². The van der Waals surface area contributed by atoms with Gasteiger partial charge in [0.25, 0.3) is 11.8 Å². The van der Waals surface area contributed by atoms with Gasteiger partial charge in [0.2, 0.25) is 0 Å². The molecule has 0 aliphatic carbocycles. The fourth-order valence-electron chi connectivity index (χ4n) is 3.62. The summed E-state index contributed by atoms with van der Waals surface area (Å²) in [6.45, 7) is 5.79. The second kappa shape index (κ2) is 7.81. The Morgan fingerprint density at radius 1 is 0.800 bits per heavy atom. The van der Waals surface area contributed by atoms with Crippen molar-refractivity contribution < 1.29 is 9.59 Å². The van der Waals surface area contributed by atoms with E-state index in [1.54, 1.807) is 12.1 Å². The van der Waals surface area contributed by atoms with Crippen LogP contribution >= 0.6 is 11.6 Å². The third kappa shape index (κ3) is 3.40. The number of hydrogen-bond acceptors (Lipinski definition) is 3. The molecule has 150 valence electrons. The molecule has 3 aromatic carbocycles. The third-order valence-corrected chi connectivity index (χ3v) is 5.65. The lowest BCUT2D eigenvalue weighted by Crippen LogP contribution is -2.33. The van der Waals surface area contributed by atoms with Crippen LogP contribution < -0.4 is 10.2 Å². The summed E-state index contributed by atoms with van der Waals surface area (Å²) >= 11 is 6.08. The van der Waals surface area contributed by atoms with Gasteiger partial charge in [-0.3, -0.25) is 9.59 Å². The van der Waals surface area contributed by atoms with E-state index in [1.807, 2.05) is 75.4 Å². The van der Waals surface area contributed by atoms with E-state index in [4.69, 9.17) is 11.6 Å². The molecule has 1 aliphatic heterocycles. The maximum absolute atomic E-state index is 13.5. The first-order chi connectivity index (χ1) is 14.4. The summed E-state index contributed by atoms with van der Waals surface area (Å²) in [7, 11) is 0. The number of halogens is 1. The molecule has 1 N–H and O–H groups in total. The largest absolute Gasteiger partial charge is 0.350 e. The van der Waals surface area contributed by atoms with Crippen LogP contribution in [0.5, 0.6) is 0 Å². The first kappa shape index (κ1) is 19.9. The smallest absolute Gasteiger partial charge is 0.282 e. The van der Waals surface area contributed by atoms with Gasteiger partial charge in [-0.15, -0.1) is 0 Å². The minimum atomic E-state index is -0.373. The van der Waals surface area contributed by atoms with Crippen LogP contribution in [0.3, 0.4) is 0 Å². The number of anilines is 2. The highest BCUT2D eigenvalue weighted by molar-refractivity contribution is 6.46. The van der Waals surface area contributed by atoms with Gasteiger partial charge in [-0.2, -0.15) is 0 Å². The van der Waals surface area contributed by atoms with Crippen molar-refractivity contribution in [1.82, 2.24) is 0 Å². The molecule has 4 rings (SSSR count). The number of benzene rings is 3. The Kier molecular flexibility index (Phi) is 5.18. The predicted octanol–water partition coefficient (Wildman–Crippen LogP) is 5.66. The Bertz CT molecular complexity index is 1200. The summed E-state index contributed by atoms with van der Waals surface area (Å²) in [4.78, 5) is 28.3. The summed E-state index contributed by atoms with van der Waals surface area (Å²) in [6, 6.07) is 20.3. The normalized spacial score (nSPS) is 13.9. The Morgan fingerprint density at radius 3 is 2.23 bits per heavy atom. The number of nitrogens with one attached hydrogen (secondary N) is 1. The molecule has 1 heterocycles. The van der Waals surface area contributed by atoms with Crippen LogP contribution in [-0.2, 0) is 9.59 Å². The molecule has 1 aliphatic rings. The van der Waals surface area contributed by atoms with Crippen LogP contribution in [0.1, 0.15) is 22.3 Å². The predicted molar refractivity (Wildman–Crippen MR) is 122 cm³/mol. The monoisotopic (exact) mass is 416 g/mol. The van der Waals surface area contributed by atoms with Gasteiger partial charge in [0.1, 0.15) is 5.70 Å². The Labute approximate surface area is 180 Å². The van der Waals surface area contributed by atoms with Crippen molar-refractivity contribution in [2.75, 3.05) is 10.2 Å². The van der Waals surface area contributed by atoms with Crippen LogP contribution in [0.15, 0.2) is 72.4 Å². The zero-order valence-corrected chi connectivity index (χ0v) is 17.7. The van der Waals surface area contributed by atoms with E-state index in [2.05, 4.69) is 5.32 Å². The molecule has 0 saturated carbocycles. The zero-order valence-electron chi connectivity index (χ0n) is 17.0. The molecular formula is C25H21ClN2O2. The number of rotatable bonds is 4. The highest BCUT2D eigenvalue weighted by atomic mass is 35.5. The number of carbonyl (C=O) groups excluding carboxylic acids is 2. The van der Waals surface area contributed by atoms with E-state index in [-0.39, 0.29) is 17.5 Å². The molecule has 0 spiro atoms. The summed E-state index contributed by atoms with van der Waals surface area (Å²) < 4.78 is 0. The van der Waals surface area contributed by atoms with Crippen molar-refractivity contribution in [1.29, 1.82) is 0 Å². The number of imide groups is 1. The molecule has 5 heteroatoms. The lowest BCUT2D eigenvalue weighted by atomic mass is 10.0. The van der Waals surface area contributed by atoms with Crippen molar-refractivity contribution in [3.63, 3.8) is 0 Å². The van der Waals surface area contributed by atoms with Gasteiger partial charge in [0.05, 0.1) is 11.3 Å². The van der Waals surface area contributed by atoms with Crippen LogP contribution in [0.25, 0.3) is 5.57 Å². The van der Waals surface area contributed by atoms with E-state index in [0.717, 1.165) is 22.4 Å². The number of amides is 2. The molecule has 0 atom stereocenters. The summed E-state index contributed by atoms with van der Waals surface area (Å²) in [5, 5.41) is 3.82. The van der Waals surface area contributed by atoms with Gasteiger partial charge in [0.15, 0.2) is 0 Å². The third-order valence-electron chi connectivity index (χ3n) is 5.41. The van der Waals surface area contributed by atoms with E-state index in [0.29, 0.717) is 21.8 Å². The van der Waals surface area contributed by atoms with Gasteiger partial charge < -0.3 is 5.32 Å². The van der Waals surface area contributed by atoms with Crippen LogP contribution in [0.2, 0.25) is 5.02 Å². The van der Waals surface area contributed by atoms with Gasteiger partial charge in [-0.25, -0.2) is 4.90 Å². The first-order valence-electron chi connectivity index (χ1n) is 9.66. The highest BCUT2D eigenvalue weighted by Crippen LogP contribution is 2.36. The molecule has 0 saturated heterocycles. The minimum absolute atomic E-state index is 0.262. The molecular weight excluding hydrogens is 396 g/mol. The number of nitrogens with zero attached hydrogens (tertiary/aromatic N) is 1. The average Bonchev–Trinajstić information content (AvgIpc) is 2.96. The zero-order chi connectivity index (χ0) is 21.4. The lowest BCUT2D eigenvalue weighted by molar-refractivity contribution is -0.120. The summed E-state index contributed by atoms with van der Waals surface area (Å²) in [5.74, 6) is -0.712. The van der Waals surface area contributed by atoms with Crippen molar-refractivity contribution in [3.8, 4) is 0 Å². The van der Waals surface area contributed by atoms with Crippen LogP contribution in [0.4, 0.5) is 11.4 Å². The maximum Gasteiger partial charge on any atom is 0.282 e. The van der Waals surface area contributed by atoms with Crippen LogP contribution in [-0.4, -0.2) is 11.8 Å². The molecule has 0 radical (unpaired) electrons. The van der Waals surface area contributed by atoms with Gasteiger partial charge >= 0.3 is 0 Å². The summed E-state index contributed by atoms with van der Waals surface area (Å²) in [5.41, 5.74) is 5.44. The Hall–Kier alpha value is -3.37. The molecule has 0 aromatic heterocycles. The molecule has 0 bridgehead atoms. The fourth-order valence-corrected chi connectivity index (χ4v) is 3.84. The standard InChI is InChI=1S/C25H21ClN2O2/c1-15-8-7-11-21(17(15)3)28-24(29)22(18-9-5-4-6-10-18)23(25(28)30)27-20-13-12-19(26)14-16(20)2/h4-14,27H,1-3H3. The van der Waals surface area contributed by atoms with E-state index in [9.17, 15) is 9.59 Å². The van der Waals surface area contributed by atoms with Crippen LogP contribution in [0, 0.1) is 20.8 Å². The van der Waals surface area contributed by atoms with Crippen molar-refractivity contribution in [2.45, 2.75) is 20.8 Å². The van der Waals surface area contributed by atoms with E-state index < -0.39 is 0 Å². The molecule has 4 nitrogen and oxygen atoms in total. The first-order valence-corrected chi connectivity index (χ1v) is 10.0. The van der Waals surface area contributed by atoms with Crippen molar-refractivity contribution in [2.24, 2.45) is 0 Å². The highest BCUT2D eigenvalue weighted by Gasteiger charge is 2.41. The molecule has 2 amide bonds. The molecule has 0 fully saturated rings. The maximum atomic E-state index is 13.5. The number of hydrogen-bond donors (Lipinski definition) is 1. The second-order valence-corrected chi connectivity index (χ2v) is 7.80. The number of carbonyl (C=O) groups is 2. The van der Waals surface area contributed by atoms with Gasteiger partial charge in [-0.1, -0.05) is 54.1 Å². The topological polar surface area (TPSA) is 49.4 Å². The quantitative estimate of drug-likeness (QED) is 0.558. The second-order valence-electron chi connectivity index (χ2n) is 7.37. The minimum Gasteiger partial charge on any atom is -0.350 e. The van der Waals surface area contributed by atoms with E-state index >= 15 is 0 Å². The fraction of sp³-hybridized carbons (Fsp3) is 0.120. The Morgan fingerprint density at radius 2 is 1.53 bits per heavy atom. The van der Waals surface area contributed by atoms with Gasteiger partial charge in [0, 0.05) is 10.7 Å². The van der Waals surface area contributed by atoms with Gasteiger partial charge in [-0.05, 0) is 67.3 Å². The lowest BCUT2D eigenvalue weighted by Gasteiger charge is -2.19.